The summed E-state index contributed by atoms with van der Waals surface area (Å²) in [5, 5.41) is 26.8. The van der Waals surface area contributed by atoms with E-state index in [0.29, 0.717) is 0 Å². The van der Waals surface area contributed by atoms with Gasteiger partial charge in [-0.25, -0.2) is 4.79 Å². The van der Waals surface area contributed by atoms with E-state index in [0.717, 1.165) is 12.2 Å². The molecule has 0 aromatic heterocycles. The highest BCUT2D eigenvalue weighted by molar-refractivity contribution is 6.04. The summed E-state index contributed by atoms with van der Waals surface area (Å²) >= 11 is 0. The first-order chi connectivity index (χ1) is 7.34. The normalized spacial score (nSPS) is 22.3. The fourth-order valence-corrected chi connectivity index (χ4v) is 1.70. The monoisotopic (exact) mass is 226 g/mol. The second-order valence-electron chi connectivity index (χ2n) is 3.49. The van der Waals surface area contributed by atoms with Crippen LogP contribution in [0.2, 0.25) is 0 Å². The Morgan fingerprint density at radius 2 is 1.69 bits per heavy atom. The summed E-state index contributed by atoms with van der Waals surface area (Å²) < 4.78 is 0. The van der Waals surface area contributed by atoms with Crippen LogP contribution in [0.5, 0.6) is 0 Å². The number of carboxylic acid groups (broad SMARTS) is 3. The molecular weight excluding hydrogens is 216 g/mol. The van der Waals surface area contributed by atoms with Gasteiger partial charge in [0, 0.05) is 11.5 Å². The maximum atomic E-state index is 11.0. The fraction of sp³-hybridized carbons (Fsp3) is 0.300. The molecule has 0 amide bonds. The van der Waals surface area contributed by atoms with Gasteiger partial charge in [0.15, 0.2) is 5.41 Å². The molecule has 1 unspecified atom stereocenters. The van der Waals surface area contributed by atoms with Gasteiger partial charge in [0.25, 0.3) is 0 Å². The zero-order valence-electron chi connectivity index (χ0n) is 8.38. The predicted octanol–water partition coefficient (Wildman–Crippen LogP) is 0.359. The maximum Gasteiger partial charge on any atom is 0.331 e. The third kappa shape index (κ3) is 1.48. The highest BCUT2D eigenvalue weighted by Crippen LogP contribution is 2.38. The molecule has 6 heteroatoms. The third-order valence-corrected chi connectivity index (χ3v) is 2.74. The number of hydrogen-bond acceptors (Lipinski definition) is 3. The minimum absolute atomic E-state index is 0.229. The highest BCUT2D eigenvalue weighted by atomic mass is 16.4. The van der Waals surface area contributed by atoms with Crippen LogP contribution in [0.3, 0.4) is 0 Å². The van der Waals surface area contributed by atoms with Crippen molar-refractivity contribution in [3.63, 3.8) is 0 Å². The van der Waals surface area contributed by atoms with E-state index in [1.165, 1.54) is 13.0 Å². The Labute approximate surface area is 90.5 Å². The third-order valence-electron chi connectivity index (χ3n) is 2.74. The van der Waals surface area contributed by atoms with Crippen LogP contribution in [0.1, 0.15) is 6.92 Å². The molecule has 0 heterocycles. The largest absolute Gasteiger partial charge is 0.480 e. The topological polar surface area (TPSA) is 112 Å². The summed E-state index contributed by atoms with van der Waals surface area (Å²) in [6, 6.07) is 0. The summed E-state index contributed by atoms with van der Waals surface area (Å²) in [4.78, 5) is 32.9. The van der Waals surface area contributed by atoms with E-state index in [1.54, 1.807) is 0 Å². The van der Waals surface area contributed by atoms with Crippen molar-refractivity contribution in [2.45, 2.75) is 6.92 Å². The van der Waals surface area contributed by atoms with Gasteiger partial charge in [0.2, 0.25) is 0 Å². The Morgan fingerprint density at radius 3 is 2.06 bits per heavy atom. The molecule has 0 radical (unpaired) electrons. The van der Waals surface area contributed by atoms with Gasteiger partial charge in [-0.2, -0.15) is 0 Å². The quantitative estimate of drug-likeness (QED) is 0.599. The minimum Gasteiger partial charge on any atom is -0.480 e. The molecule has 0 aromatic rings. The molecule has 1 aliphatic rings. The van der Waals surface area contributed by atoms with Crippen molar-refractivity contribution < 1.29 is 29.7 Å². The van der Waals surface area contributed by atoms with Crippen molar-refractivity contribution >= 4 is 17.9 Å². The van der Waals surface area contributed by atoms with Crippen LogP contribution in [-0.4, -0.2) is 33.2 Å². The lowest BCUT2D eigenvalue weighted by Crippen LogP contribution is -2.45. The van der Waals surface area contributed by atoms with Crippen molar-refractivity contribution in [1.29, 1.82) is 0 Å². The standard InChI is InChI=1S/C10H10O6/c1-5-6(7(11)12)3-2-4-10(5,8(13)14)9(15)16/h2-5H,1H3,(H,11,12)(H,13,14)(H,15,16). The predicted molar refractivity (Wildman–Crippen MR) is 51.7 cm³/mol. The molecular formula is C10H10O6. The van der Waals surface area contributed by atoms with Crippen molar-refractivity contribution in [2.24, 2.45) is 11.3 Å². The lowest BCUT2D eigenvalue weighted by atomic mass is 9.70. The zero-order chi connectivity index (χ0) is 12.5. The number of carboxylic acids is 3. The SMILES string of the molecule is CC1C(C(=O)O)=CC=CC1(C(=O)O)C(=O)O. The molecule has 0 aliphatic heterocycles. The molecule has 1 aliphatic carbocycles. The van der Waals surface area contributed by atoms with E-state index in [4.69, 9.17) is 15.3 Å². The number of aliphatic carboxylic acids is 3. The molecule has 0 aromatic carbocycles. The summed E-state index contributed by atoms with van der Waals surface area (Å²) in [6.45, 7) is 1.27. The zero-order valence-corrected chi connectivity index (χ0v) is 8.38. The van der Waals surface area contributed by atoms with Gasteiger partial charge in [-0.05, 0) is 0 Å². The Hall–Kier alpha value is -2.11. The first-order valence-electron chi connectivity index (χ1n) is 4.43. The van der Waals surface area contributed by atoms with Gasteiger partial charge >= 0.3 is 17.9 Å². The van der Waals surface area contributed by atoms with E-state index < -0.39 is 29.2 Å². The summed E-state index contributed by atoms with van der Waals surface area (Å²) in [7, 11) is 0. The van der Waals surface area contributed by atoms with Gasteiger partial charge in [0.05, 0.1) is 0 Å². The van der Waals surface area contributed by atoms with E-state index >= 15 is 0 Å². The lowest BCUT2D eigenvalue weighted by Gasteiger charge is -2.30. The molecule has 0 fully saturated rings. The Bertz CT molecular complexity index is 403. The molecule has 0 spiro atoms. The van der Waals surface area contributed by atoms with Crippen molar-refractivity contribution in [2.75, 3.05) is 0 Å². The molecule has 1 rings (SSSR count). The summed E-state index contributed by atoms with van der Waals surface area (Å²) in [5.41, 5.74) is -2.44. The Morgan fingerprint density at radius 1 is 1.19 bits per heavy atom. The number of carbonyl (C=O) groups is 3. The molecule has 0 saturated carbocycles. The van der Waals surface area contributed by atoms with Crippen molar-refractivity contribution in [1.82, 2.24) is 0 Å². The van der Waals surface area contributed by atoms with Gasteiger partial charge in [0.1, 0.15) is 0 Å². The molecule has 16 heavy (non-hydrogen) atoms. The van der Waals surface area contributed by atoms with Crippen molar-refractivity contribution in [3.05, 3.63) is 23.8 Å². The van der Waals surface area contributed by atoms with Gasteiger partial charge in [-0.3, -0.25) is 9.59 Å². The lowest BCUT2D eigenvalue weighted by molar-refractivity contribution is -0.163. The highest BCUT2D eigenvalue weighted by Gasteiger charge is 2.52. The van der Waals surface area contributed by atoms with Crippen LogP contribution in [0.15, 0.2) is 23.8 Å². The first kappa shape index (κ1) is 12.0. The molecule has 6 nitrogen and oxygen atoms in total. The Balaban J connectivity index is 3.33. The van der Waals surface area contributed by atoms with Crippen LogP contribution >= 0.6 is 0 Å². The minimum atomic E-state index is -2.21. The van der Waals surface area contributed by atoms with Crippen LogP contribution in [0.25, 0.3) is 0 Å². The molecule has 1 atom stereocenters. The van der Waals surface area contributed by atoms with Crippen LogP contribution in [0, 0.1) is 11.3 Å². The maximum absolute atomic E-state index is 11.0. The van der Waals surface area contributed by atoms with Gasteiger partial charge in [-0.1, -0.05) is 25.2 Å². The molecule has 86 valence electrons. The van der Waals surface area contributed by atoms with Crippen molar-refractivity contribution in [3.8, 4) is 0 Å². The second-order valence-corrected chi connectivity index (χ2v) is 3.49. The summed E-state index contributed by atoms with van der Waals surface area (Å²) in [6.07, 6.45) is 3.34. The number of allylic oxidation sites excluding steroid dienone is 2. The van der Waals surface area contributed by atoms with Gasteiger partial charge < -0.3 is 15.3 Å². The van der Waals surface area contributed by atoms with Crippen LogP contribution < -0.4 is 0 Å². The molecule has 3 N–H and O–H groups in total. The average Bonchev–Trinajstić information content (AvgIpc) is 2.16. The van der Waals surface area contributed by atoms with E-state index in [1.807, 2.05) is 0 Å². The number of hydrogen-bond donors (Lipinski definition) is 3. The van der Waals surface area contributed by atoms with Gasteiger partial charge in [-0.15, -0.1) is 0 Å². The average molecular weight is 226 g/mol. The number of rotatable bonds is 3. The Kier molecular flexibility index (Phi) is 2.84. The molecule has 0 saturated heterocycles. The second kappa shape index (κ2) is 3.80. The smallest absolute Gasteiger partial charge is 0.331 e. The van der Waals surface area contributed by atoms with E-state index in [2.05, 4.69) is 0 Å². The summed E-state index contributed by atoms with van der Waals surface area (Å²) in [5.74, 6) is -5.60. The first-order valence-corrected chi connectivity index (χ1v) is 4.43. The van der Waals surface area contributed by atoms with Crippen LogP contribution in [-0.2, 0) is 14.4 Å². The van der Waals surface area contributed by atoms with E-state index in [-0.39, 0.29) is 5.57 Å². The fourth-order valence-electron chi connectivity index (χ4n) is 1.70. The van der Waals surface area contributed by atoms with Crippen LogP contribution in [0.4, 0.5) is 0 Å². The van der Waals surface area contributed by atoms with E-state index in [9.17, 15) is 14.4 Å². The molecule has 0 bridgehead atoms.